The van der Waals surface area contributed by atoms with Gasteiger partial charge in [0.05, 0.1) is 0 Å². The molecule has 0 amide bonds. The molecule has 2 atom stereocenters. The molecule has 1 heterocycles. The number of benzene rings is 1. The van der Waals surface area contributed by atoms with E-state index in [-0.39, 0.29) is 6.04 Å². The number of nitrogens with zero attached hydrogens (tertiary/aromatic N) is 1. The smallest absolute Gasteiger partial charge is 0.120 e. The number of hydrogen-bond donors (Lipinski definition) is 1. The molecule has 16 heavy (non-hydrogen) atoms. The summed E-state index contributed by atoms with van der Waals surface area (Å²) in [4.78, 5) is 2.42. The van der Waals surface area contributed by atoms with Crippen LogP contribution in [0.1, 0.15) is 38.3 Å². The van der Waals surface area contributed by atoms with E-state index < -0.39 is 0 Å². The molecule has 0 aromatic heterocycles. The average molecular weight is 240 g/mol. The van der Waals surface area contributed by atoms with Crippen molar-refractivity contribution < 1.29 is 5.11 Å². The van der Waals surface area contributed by atoms with E-state index in [1.807, 2.05) is 6.07 Å². The van der Waals surface area contributed by atoms with E-state index in [9.17, 15) is 5.11 Å². The van der Waals surface area contributed by atoms with Crippen LogP contribution in [0.5, 0.6) is 5.75 Å². The van der Waals surface area contributed by atoms with E-state index in [0.29, 0.717) is 16.8 Å². The highest BCUT2D eigenvalue weighted by Crippen LogP contribution is 2.34. The van der Waals surface area contributed by atoms with Crippen molar-refractivity contribution in [2.24, 2.45) is 0 Å². The fourth-order valence-corrected chi connectivity index (χ4v) is 2.75. The lowest BCUT2D eigenvalue weighted by Gasteiger charge is -2.29. The Bertz CT molecular complexity index is 380. The summed E-state index contributed by atoms with van der Waals surface area (Å²) >= 11 is 5.97. The van der Waals surface area contributed by atoms with Crippen LogP contribution in [0.3, 0.4) is 0 Å². The number of hydrogen-bond acceptors (Lipinski definition) is 2. The van der Waals surface area contributed by atoms with E-state index in [4.69, 9.17) is 11.6 Å². The zero-order valence-corrected chi connectivity index (χ0v) is 10.5. The molecule has 1 aliphatic heterocycles. The predicted molar refractivity (Wildman–Crippen MR) is 66.9 cm³/mol. The van der Waals surface area contributed by atoms with Gasteiger partial charge in [0.2, 0.25) is 0 Å². The minimum Gasteiger partial charge on any atom is -0.508 e. The monoisotopic (exact) mass is 239 g/mol. The van der Waals surface area contributed by atoms with Gasteiger partial charge >= 0.3 is 0 Å². The van der Waals surface area contributed by atoms with Crippen LogP contribution in [0.15, 0.2) is 18.2 Å². The van der Waals surface area contributed by atoms with Gasteiger partial charge in [-0.25, -0.2) is 0 Å². The van der Waals surface area contributed by atoms with Crippen LogP contribution in [0, 0.1) is 0 Å². The molecule has 3 heteroatoms. The van der Waals surface area contributed by atoms with Gasteiger partial charge in [-0.05, 0) is 51.4 Å². The molecule has 0 aliphatic carbocycles. The lowest BCUT2D eigenvalue weighted by molar-refractivity contribution is 0.201. The summed E-state index contributed by atoms with van der Waals surface area (Å²) in [5, 5.41) is 10.6. The summed E-state index contributed by atoms with van der Waals surface area (Å²) in [5.74, 6) is 0.344. The van der Waals surface area contributed by atoms with Crippen molar-refractivity contribution >= 4 is 11.6 Å². The Morgan fingerprint density at radius 2 is 2.25 bits per heavy atom. The summed E-state index contributed by atoms with van der Waals surface area (Å²) in [6, 6.07) is 6.09. The van der Waals surface area contributed by atoms with E-state index >= 15 is 0 Å². The zero-order valence-electron chi connectivity index (χ0n) is 9.78. The van der Waals surface area contributed by atoms with Crippen LogP contribution in [0.4, 0.5) is 0 Å². The highest BCUT2D eigenvalue weighted by Gasteiger charge is 2.27. The summed E-state index contributed by atoms with van der Waals surface area (Å²) in [6.45, 7) is 5.48. The highest BCUT2D eigenvalue weighted by atomic mass is 35.5. The summed E-state index contributed by atoms with van der Waals surface area (Å²) < 4.78 is 0. The molecule has 2 nitrogen and oxygen atoms in total. The van der Waals surface area contributed by atoms with Crippen LogP contribution in [-0.4, -0.2) is 22.6 Å². The Hall–Kier alpha value is -0.730. The first kappa shape index (κ1) is 11.7. The lowest BCUT2D eigenvalue weighted by Crippen LogP contribution is -2.29. The van der Waals surface area contributed by atoms with Crippen LogP contribution in [-0.2, 0) is 0 Å². The first-order valence-electron chi connectivity index (χ1n) is 5.83. The molecule has 0 radical (unpaired) electrons. The van der Waals surface area contributed by atoms with Crippen molar-refractivity contribution in [1.29, 1.82) is 0 Å². The van der Waals surface area contributed by atoms with Gasteiger partial charge in [0.1, 0.15) is 5.75 Å². The van der Waals surface area contributed by atoms with Gasteiger partial charge in [-0.2, -0.15) is 0 Å². The number of halogens is 1. The Kier molecular flexibility index (Phi) is 3.41. The second-order valence-corrected chi connectivity index (χ2v) is 5.04. The van der Waals surface area contributed by atoms with Crippen LogP contribution in [0.25, 0.3) is 0 Å². The normalized spacial score (nSPS) is 23.6. The molecule has 1 fully saturated rings. The maximum Gasteiger partial charge on any atom is 0.120 e. The summed E-state index contributed by atoms with van der Waals surface area (Å²) in [5.41, 5.74) is 0.932. The van der Waals surface area contributed by atoms with Gasteiger partial charge in [-0.3, -0.25) is 4.90 Å². The molecule has 1 aliphatic rings. The van der Waals surface area contributed by atoms with Crippen molar-refractivity contribution in [2.45, 2.75) is 38.8 Å². The summed E-state index contributed by atoms with van der Waals surface area (Å²) in [6.07, 6.45) is 2.48. The highest BCUT2D eigenvalue weighted by molar-refractivity contribution is 6.30. The second kappa shape index (κ2) is 4.64. The molecule has 1 aromatic carbocycles. The quantitative estimate of drug-likeness (QED) is 0.853. The molecule has 1 aromatic rings. The van der Waals surface area contributed by atoms with Crippen molar-refractivity contribution in [3.63, 3.8) is 0 Å². The maximum atomic E-state index is 9.87. The second-order valence-electron chi connectivity index (χ2n) is 4.61. The van der Waals surface area contributed by atoms with Crippen LogP contribution in [0.2, 0.25) is 5.02 Å². The Morgan fingerprint density at radius 1 is 1.50 bits per heavy atom. The fraction of sp³-hybridized carbons (Fsp3) is 0.538. The molecule has 0 saturated carbocycles. The third-order valence-electron chi connectivity index (χ3n) is 3.54. The van der Waals surface area contributed by atoms with Gasteiger partial charge in [-0.15, -0.1) is 0 Å². The Morgan fingerprint density at radius 3 is 2.88 bits per heavy atom. The first-order valence-corrected chi connectivity index (χ1v) is 6.21. The van der Waals surface area contributed by atoms with Crippen molar-refractivity contribution in [1.82, 2.24) is 4.90 Å². The first-order chi connectivity index (χ1) is 7.59. The Balaban J connectivity index is 2.25. The fourth-order valence-electron chi connectivity index (χ4n) is 2.57. The number of likely N-dealkylation sites (tertiary alicyclic amines) is 1. The van der Waals surface area contributed by atoms with E-state index in [0.717, 1.165) is 12.1 Å². The summed E-state index contributed by atoms with van der Waals surface area (Å²) in [7, 11) is 0. The van der Waals surface area contributed by atoms with Gasteiger partial charge < -0.3 is 5.11 Å². The maximum absolute atomic E-state index is 9.87. The lowest BCUT2D eigenvalue weighted by atomic mass is 10.1. The molecular formula is C13H18ClNO. The number of phenols is 1. The van der Waals surface area contributed by atoms with E-state index in [1.54, 1.807) is 12.1 Å². The van der Waals surface area contributed by atoms with Crippen molar-refractivity contribution in [3.05, 3.63) is 28.8 Å². The third kappa shape index (κ3) is 2.18. The topological polar surface area (TPSA) is 23.5 Å². The van der Waals surface area contributed by atoms with Gasteiger partial charge in [0, 0.05) is 22.7 Å². The standard InChI is InChI=1S/C13H18ClNO/c1-9-4-3-7-15(9)10(2)12-8-11(14)5-6-13(12)16/h5-6,8-10,16H,3-4,7H2,1-2H3. The molecule has 1 N–H and O–H groups in total. The molecule has 0 spiro atoms. The number of aromatic hydroxyl groups is 1. The predicted octanol–water partition coefficient (Wildman–Crippen LogP) is 3.59. The van der Waals surface area contributed by atoms with E-state index in [1.165, 1.54) is 12.8 Å². The number of phenolic OH excluding ortho intramolecular Hbond substituents is 1. The third-order valence-corrected chi connectivity index (χ3v) is 3.78. The molecule has 1 saturated heterocycles. The minimum atomic E-state index is 0.233. The van der Waals surface area contributed by atoms with Crippen LogP contribution >= 0.6 is 11.6 Å². The van der Waals surface area contributed by atoms with Crippen molar-refractivity contribution in [2.75, 3.05) is 6.54 Å². The van der Waals surface area contributed by atoms with Gasteiger partial charge in [0.25, 0.3) is 0 Å². The largest absolute Gasteiger partial charge is 0.508 e. The zero-order chi connectivity index (χ0) is 11.7. The average Bonchev–Trinajstić information content (AvgIpc) is 2.67. The molecule has 88 valence electrons. The van der Waals surface area contributed by atoms with Crippen molar-refractivity contribution in [3.8, 4) is 5.75 Å². The van der Waals surface area contributed by atoms with E-state index in [2.05, 4.69) is 18.7 Å². The van der Waals surface area contributed by atoms with Crippen LogP contribution < -0.4 is 0 Å². The van der Waals surface area contributed by atoms with Gasteiger partial charge in [0.15, 0.2) is 0 Å². The molecule has 0 bridgehead atoms. The molecule has 2 unspecified atom stereocenters. The molecular weight excluding hydrogens is 222 g/mol. The minimum absolute atomic E-state index is 0.233. The molecule has 2 rings (SSSR count). The number of rotatable bonds is 2. The SMILES string of the molecule is CC1CCCN1C(C)c1cc(Cl)ccc1O. The Labute approximate surface area is 102 Å². The van der Waals surface area contributed by atoms with Gasteiger partial charge in [-0.1, -0.05) is 11.6 Å².